The lowest BCUT2D eigenvalue weighted by atomic mass is 10.0. The molecule has 2 unspecified atom stereocenters. The van der Waals surface area contributed by atoms with Crippen LogP contribution < -0.4 is 5.32 Å². The number of allylic oxidation sites excluding steroid dienone is 1. The van der Waals surface area contributed by atoms with Crippen LogP contribution in [0, 0.1) is 0 Å². The molecule has 0 spiro atoms. The molecule has 2 nitrogen and oxygen atoms in total. The Labute approximate surface area is 104 Å². The van der Waals surface area contributed by atoms with Crippen LogP contribution in [0.3, 0.4) is 0 Å². The molecule has 92 valence electrons. The van der Waals surface area contributed by atoms with E-state index in [1.165, 1.54) is 5.56 Å². The van der Waals surface area contributed by atoms with Gasteiger partial charge in [-0.15, -0.1) is 0 Å². The van der Waals surface area contributed by atoms with Gasteiger partial charge in [0.25, 0.3) is 0 Å². The monoisotopic (exact) mass is 230 g/mol. The molecule has 0 amide bonds. The molecule has 1 aliphatic rings. The molecule has 1 saturated heterocycles. The van der Waals surface area contributed by atoms with Crippen molar-refractivity contribution in [1.82, 2.24) is 10.2 Å². The Morgan fingerprint density at radius 3 is 2.82 bits per heavy atom. The zero-order valence-electron chi connectivity index (χ0n) is 10.8. The van der Waals surface area contributed by atoms with Crippen molar-refractivity contribution >= 4 is 0 Å². The molecule has 1 N–H and O–H groups in total. The molecule has 0 radical (unpaired) electrons. The lowest BCUT2D eigenvalue weighted by Crippen LogP contribution is -2.51. The second-order valence-corrected chi connectivity index (χ2v) is 4.74. The Kier molecular flexibility index (Phi) is 4.35. The van der Waals surface area contributed by atoms with Gasteiger partial charge in [0.05, 0.1) is 0 Å². The van der Waals surface area contributed by atoms with E-state index in [2.05, 4.69) is 66.5 Å². The van der Waals surface area contributed by atoms with Crippen molar-refractivity contribution in [3.8, 4) is 0 Å². The van der Waals surface area contributed by atoms with Crippen LogP contribution in [0.5, 0.6) is 0 Å². The largest absolute Gasteiger partial charge is 0.307 e. The number of rotatable bonds is 3. The Morgan fingerprint density at radius 1 is 1.35 bits per heavy atom. The Morgan fingerprint density at radius 2 is 2.12 bits per heavy atom. The zero-order valence-corrected chi connectivity index (χ0v) is 10.8. The first-order valence-corrected chi connectivity index (χ1v) is 6.45. The van der Waals surface area contributed by atoms with Crippen LogP contribution in [-0.4, -0.2) is 30.6 Å². The summed E-state index contributed by atoms with van der Waals surface area (Å²) in [6, 6.07) is 11.8. The highest BCUT2D eigenvalue weighted by Gasteiger charge is 2.24. The van der Waals surface area contributed by atoms with Gasteiger partial charge >= 0.3 is 0 Å². The van der Waals surface area contributed by atoms with E-state index in [4.69, 9.17) is 0 Å². The summed E-state index contributed by atoms with van der Waals surface area (Å²) in [6.07, 6.45) is 4.37. The van der Waals surface area contributed by atoms with E-state index in [-0.39, 0.29) is 0 Å². The fraction of sp³-hybridized carbons (Fsp3) is 0.467. The maximum Gasteiger partial charge on any atom is 0.0450 e. The van der Waals surface area contributed by atoms with Crippen molar-refractivity contribution in [3.63, 3.8) is 0 Å². The van der Waals surface area contributed by atoms with E-state index in [1.54, 1.807) is 0 Å². The lowest BCUT2D eigenvalue weighted by molar-refractivity contribution is 0.157. The maximum absolute atomic E-state index is 3.63. The first-order valence-electron chi connectivity index (χ1n) is 6.45. The third-order valence-electron chi connectivity index (χ3n) is 3.48. The third-order valence-corrected chi connectivity index (χ3v) is 3.48. The van der Waals surface area contributed by atoms with E-state index in [0.29, 0.717) is 12.1 Å². The highest BCUT2D eigenvalue weighted by Crippen LogP contribution is 2.19. The van der Waals surface area contributed by atoms with Gasteiger partial charge in [-0.05, 0) is 19.4 Å². The molecule has 1 aromatic rings. The molecular formula is C15H22N2. The van der Waals surface area contributed by atoms with E-state index < -0.39 is 0 Å². The Balaban J connectivity index is 2.02. The van der Waals surface area contributed by atoms with Gasteiger partial charge in [-0.3, -0.25) is 4.90 Å². The van der Waals surface area contributed by atoms with Gasteiger partial charge in [0, 0.05) is 31.7 Å². The second-order valence-electron chi connectivity index (χ2n) is 4.74. The third kappa shape index (κ3) is 3.18. The Hall–Kier alpha value is -1.12. The van der Waals surface area contributed by atoms with Gasteiger partial charge in [0.2, 0.25) is 0 Å². The summed E-state index contributed by atoms with van der Waals surface area (Å²) in [5.41, 5.74) is 1.39. The fourth-order valence-electron chi connectivity index (χ4n) is 2.32. The number of hydrogen-bond acceptors (Lipinski definition) is 2. The van der Waals surface area contributed by atoms with Gasteiger partial charge < -0.3 is 5.32 Å². The molecule has 2 heteroatoms. The molecule has 1 fully saturated rings. The van der Waals surface area contributed by atoms with Crippen molar-refractivity contribution in [2.45, 2.75) is 25.9 Å². The number of nitrogens with zero attached hydrogens (tertiary/aromatic N) is 1. The average Bonchev–Trinajstić information content (AvgIpc) is 2.39. The molecular weight excluding hydrogens is 208 g/mol. The lowest BCUT2D eigenvalue weighted by Gasteiger charge is -2.38. The van der Waals surface area contributed by atoms with Crippen molar-refractivity contribution in [3.05, 3.63) is 48.0 Å². The van der Waals surface area contributed by atoms with Crippen LogP contribution in [0.25, 0.3) is 0 Å². The van der Waals surface area contributed by atoms with Gasteiger partial charge in [-0.2, -0.15) is 0 Å². The summed E-state index contributed by atoms with van der Waals surface area (Å²) in [5.74, 6) is 0. The second kappa shape index (κ2) is 5.99. The van der Waals surface area contributed by atoms with Gasteiger partial charge in [0.15, 0.2) is 0 Å². The van der Waals surface area contributed by atoms with E-state index in [1.807, 2.05) is 0 Å². The van der Waals surface area contributed by atoms with Crippen molar-refractivity contribution in [2.24, 2.45) is 0 Å². The summed E-state index contributed by atoms with van der Waals surface area (Å²) >= 11 is 0. The summed E-state index contributed by atoms with van der Waals surface area (Å²) in [7, 11) is 0. The number of nitrogens with one attached hydrogen (secondary N) is 1. The molecule has 2 rings (SSSR count). The highest BCUT2D eigenvalue weighted by atomic mass is 15.2. The predicted molar refractivity (Wildman–Crippen MR) is 73.0 cm³/mol. The van der Waals surface area contributed by atoms with Crippen molar-refractivity contribution in [1.29, 1.82) is 0 Å². The van der Waals surface area contributed by atoms with E-state index >= 15 is 0 Å². The minimum atomic E-state index is 0.470. The summed E-state index contributed by atoms with van der Waals surface area (Å²) in [5, 5.41) is 3.63. The molecule has 0 saturated carbocycles. The maximum atomic E-state index is 3.63. The summed E-state index contributed by atoms with van der Waals surface area (Å²) < 4.78 is 0. The van der Waals surface area contributed by atoms with Crippen molar-refractivity contribution in [2.75, 3.05) is 19.6 Å². The smallest absolute Gasteiger partial charge is 0.0450 e. The molecule has 0 aromatic heterocycles. The van der Waals surface area contributed by atoms with Gasteiger partial charge in [-0.1, -0.05) is 42.5 Å². The van der Waals surface area contributed by atoms with E-state index in [9.17, 15) is 0 Å². The standard InChI is InChI=1S/C15H22N2/c1-3-4-10-17-12-15(16-11-13(17)2)14-8-6-5-7-9-14/h3-9,13,15-16H,10-12H2,1-2H3/b4-3+. The average molecular weight is 230 g/mol. The minimum absolute atomic E-state index is 0.470. The summed E-state index contributed by atoms with van der Waals surface area (Å²) in [4.78, 5) is 2.54. The molecule has 0 aliphatic carbocycles. The molecule has 17 heavy (non-hydrogen) atoms. The van der Waals surface area contributed by atoms with Crippen LogP contribution in [0.1, 0.15) is 25.5 Å². The van der Waals surface area contributed by atoms with Gasteiger partial charge in [0.1, 0.15) is 0 Å². The van der Waals surface area contributed by atoms with Crippen LogP contribution in [-0.2, 0) is 0 Å². The highest BCUT2D eigenvalue weighted by molar-refractivity contribution is 5.20. The summed E-state index contributed by atoms with van der Waals surface area (Å²) in [6.45, 7) is 7.59. The van der Waals surface area contributed by atoms with Gasteiger partial charge in [-0.25, -0.2) is 0 Å². The number of hydrogen-bond donors (Lipinski definition) is 1. The molecule has 1 aromatic carbocycles. The van der Waals surface area contributed by atoms with Crippen LogP contribution in [0.2, 0.25) is 0 Å². The topological polar surface area (TPSA) is 15.3 Å². The first-order chi connectivity index (χ1) is 8.31. The van der Waals surface area contributed by atoms with Crippen LogP contribution >= 0.6 is 0 Å². The number of benzene rings is 1. The molecule has 0 bridgehead atoms. The van der Waals surface area contributed by atoms with Crippen LogP contribution in [0.15, 0.2) is 42.5 Å². The predicted octanol–water partition coefficient (Wildman–Crippen LogP) is 2.60. The first kappa shape index (κ1) is 12.3. The van der Waals surface area contributed by atoms with E-state index in [0.717, 1.165) is 19.6 Å². The Bertz CT molecular complexity index is 358. The quantitative estimate of drug-likeness (QED) is 0.803. The number of piperazine rings is 1. The fourth-order valence-corrected chi connectivity index (χ4v) is 2.32. The SMILES string of the molecule is C/C=C/CN1CC(c2ccccc2)NCC1C. The van der Waals surface area contributed by atoms with Crippen molar-refractivity contribution < 1.29 is 0 Å². The molecule has 1 aliphatic heterocycles. The van der Waals surface area contributed by atoms with Crippen LogP contribution in [0.4, 0.5) is 0 Å². The zero-order chi connectivity index (χ0) is 12.1. The normalized spacial score (nSPS) is 26.5. The molecule has 2 atom stereocenters. The molecule has 1 heterocycles. The minimum Gasteiger partial charge on any atom is -0.307 e.